The number of fused-ring (bicyclic) bond motifs is 1. The lowest BCUT2D eigenvalue weighted by Crippen LogP contribution is -1.94. The van der Waals surface area contributed by atoms with Crippen LogP contribution in [0, 0.1) is 20.2 Å². The molecule has 0 saturated carbocycles. The lowest BCUT2D eigenvalue weighted by atomic mass is 10.1. The number of imidazole rings is 1. The fourth-order valence-corrected chi connectivity index (χ4v) is 2.59. The maximum absolute atomic E-state index is 11.2. The predicted octanol–water partition coefficient (Wildman–Crippen LogP) is 2.88. The Balaban J connectivity index is 2.18. The van der Waals surface area contributed by atoms with Gasteiger partial charge in [0, 0.05) is 23.1 Å². The first kappa shape index (κ1) is 12.2. The van der Waals surface area contributed by atoms with E-state index in [9.17, 15) is 20.2 Å². The molecule has 0 bridgehead atoms. The maximum Gasteiger partial charge on any atom is 0.356 e. The normalized spacial score (nSPS) is 10.8. The Bertz CT molecular complexity index is 821. The van der Waals surface area contributed by atoms with Crippen molar-refractivity contribution < 1.29 is 9.85 Å². The van der Waals surface area contributed by atoms with Crippen LogP contribution in [0.4, 0.5) is 11.5 Å². The zero-order valence-corrected chi connectivity index (χ0v) is 10.6. The molecule has 8 nitrogen and oxygen atoms in total. The minimum atomic E-state index is -0.524. The Morgan fingerprint density at radius 3 is 2.40 bits per heavy atom. The Kier molecular flexibility index (Phi) is 2.68. The van der Waals surface area contributed by atoms with Crippen LogP contribution in [0.2, 0.25) is 0 Å². The molecule has 2 heterocycles. The van der Waals surface area contributed by atoms with Gasteiger partial charge in [0.05, 0.1) is 4.92 Å². The van der Waals surface area contributed by atoms with Crippen LogP contribution in [0.5, 0.6) is 0 Å². The Morgan fingerprint density at radius 1 is 1.10 bits per heavy atom. The molecule has 0 spiro atoms. The number of nitro groups is 2. The average molecular weight is 290 g/mol. The van der Waals surface area contributed by atoms with Crippen molar-refractivity contribution in [2.24, 2.45) is 0 Å². The van der Waals surface area contributed by atoms with Crippen LogP contribution in [0.3, 0.4) is 0 Å². The van der Waals surface area contributed by atoms with E-state index < -0.39 is 9.85 Å². The fourth-order valence-electron chi connectivity index (χ4n) is 1.88. The van der Waals surface area contributed by atoms with Gasteiger partial charge in [-0.3, -0.25) is 10.1 Å². The van der Waals surface area contributed by atoms with E-state index in [2.05, 4.69) is 4.98 Å². The lowest BCUT2D eigenvalue weighted by Gasteiger charge is -1.98. The summed E-state index contributed by atoms with van der Waals surface area (Å²) in [5.74, 6) is -0.143. The van der Waals surface area contributed by atoms with Crippen LogP contribution in [0.25, 0.3) is 16.2 Å². The first-order valence-corrected chi connectivity index (χ1v) is 6.30. The highest BCUT2D eigenvalue weighted by Gasteiger charge is 2.24. The van der Waals surface area contributed by atoms with Crippen molar-refractivity contribution in [2.45, 2.75) is 0 Å². The van der Waals surface area contributed by atoms with Gasteiger partial charge in [-0.2, -0.15) is 9.38 Å². The molecule has 1 aromatic carbocycles. The summed E-state index contributed by atoms with van der Waals surface area (Å²) in [6.45, 7) is 0. The number of non-ortho nitro benzene ring substituents is 1. The highest BCUT2D eigenvalue weighted by Crippen LogP contribution is 2.32. The van der Waals surface area contributed by atoms with E-state index in [1.165, 1.54) is 40.0 Å². The van der Waals surface area contributed by atoms with Gasteiger partial charge in [-0.05, 0) is 17.1 Å². The zero-order chi connectivity index (χ0) is 14.3. The molecule has 0 fully saturated rings. The molecule has 9 heteroatoms. The molecule has 0 atom stereocenters. The van der Waals surface area contributed by atoms with Crippen LogP contribution in [-0.4, -0.2) is 19.2 Å². The molecule has 0 unspecified atom stereocenters. The van der Waals surface area contributed by atoms with Crippen LogP contribution in [-0.2, 0) is 0 Å². The summed E-state index contributed by atoms with van der Waals surface area (Å²) in [4.78, 5) is 25.5. The quantitative estimate of drug-likeness (QED) is 0.545. The van der Waals surface area contributed by atoms with E-state index >= 15 is 0 Å². The van der Waals surface area contributed by atoms with E-state index in [1.54, 1.807) is 11.6 Å². The molecule has 0 amide bonds. The van der Waals surface area contributed by atoms with Gasteiger partial charge in [-0.15, -0.1) is 0 Å². The maximum atomic E-state index is 11.2. The fraction of sp³-hybridized carbons (Fsp3) is 0. The number of hydrogen-bond acceptors (Lipinski definition) is 6. The summed E-state index contributed by atoms with van der Waals surface area (Å²) in [6, 6.07) is 5.51. The monoisotopic (exact) mass is 290 g/mol. The minimum Gasteiger partial charge on any atom is -0.358 e. The van der Waals surface area contributed by atoms with Gasteiger partial charge >= 0.3 is 5.82 Å². The number of rotatable bonds is 3. The van der Waals surface area contributed by atoms with Crippen molar-refractivity contribution in [2.75, 3.05) is 0 Å². The van der Waals surface area contributed by atoms with E-state index in [-0.39, 0.29) is 17.2 Å². The van der Waals surface area contributed by atoms with Crippen molar-refractivity contribution in [3.8, 4) is 11.3 Å². The van der Waals surface area contributed by atoms with Gasteiger partial charge in [0.1, 0.15) is 6.20 Å². The van der Waals surface area contributed by atoms with Crippen LogP contribution in [0.1, 0.15) is 0 Å². The Labute approximate surface area is 115 Å². The summed E-state index contributed by atoms with van der Waals surface area (Å²) >= 11 is 1.28. The second-order valence-corrected chi connectivity index (χ2v) is 4.77. The molecular formula is C11H6N4O4S. The van der Waals surface area contributed by atoms with E-state index in [4.69, 9.17) is 0 Å². The highest BCUT2D eigenvalue weighted by molar-refractivity contribution is 7.15. The SMILES string of the molecule is O=[N+]([O-])c1ccc(-c2nc3sccn3c2[N+](=O)[O-])cc1. The molecular weight excluding hydrogens is 284 g/mol. The number of hydrogen-bond donors (Lipinski definition) is 0. The first-order chi connectivity index (χ1) is 9.58. The van der Waals surface area contributed by atoms with Gasteiger partial charge in [0.2, 0.25) is 0 Å². The third kappa shape index (κ3) is 1.80. The van der Waals surface area contributed by atoms with E-state index in [0.29, 0.717) is 10.5 Å². The smallest absolute Gasteiger partial charge is 0.356 e. The summed E-state index contributed by atoms with van der Waals surface area (Å²) in [6.07, 6.45) is 1.57. The van der Waals surface area contributed by atoms with Gasteiger partial charge in [-0.1, -0.05) is 11.3 Å². The molecule has 3 aromatic rings. The van der Waals surface area contributed by atoms with Crippen LogP contribution in [0.15, 0.2) is 35.8 Å². The van der Waals surface area contributed by atoms with Gasteiger partial charge in [-0.25, -0.2) is 0 Å². The number of nitro benzene ring substituents is 1. The molecule has 2 aromatic heterocycles. The standard InChI is InChI=1S/C11H6N4O4S/c16-14(17)8-3-1-7(2-4-8)9-10(15(18)19)13-5-6-20-11(13)12-9/h1-6H. The van der Waals surface area contributed by atoms with Crippen molar-refractivity contribution in [1.29, 1.82) is 0 Å². The first-order valence-electron chi connectivity index (χ1n) is 5.42. The van der Waals surface area contributed by atoms with Crippen molar-refractivity contribution in [3.63, 3.8) is 0 Å². The van der Waals surface area contributed by atoms with Gasteiger partial charge in [0.15, 0.2) is 5.69 Å². The lowest BCUT2D eigenvalue weighted by molar-refractivity contribution is -0.389. The minimum absolute atomic E-state index is 0.0718. The summed E-state index contributed by atoms with van der Waals surface area (Å²) in [5, 5.41) is 23.5. The van der Waals surface area contributed by atoms with Crippen molar-refractivity contribution in [3.05, 3.63) is 56.1 Å². The van der Waals surface area contributed by atoms with Crippen LogP contribution >= 0.6 is 11.3 Å². The molecule has 3 rings (SSSR count). The number of nitrogens with zero attached hydrogens (tertiary/aromatic N) is 4. The Morgan fingerprint density at radius 2 is 1.80 bits per heavy atom. The zero-order valence-electron chi connectivity index (χ0n) is 9.79. The molecule has 0 saturated heterocycles. The highest BCUT2D eigenvalue weighted by atomic mass is 32.1. The molecule has 0 N–H and O–H groups in total. The molecule has 20 heavy (non-hydrogen) atoms. The molecule has 0 aliphatic heterocycles. The average Bonchev–Trinajstić information content (AvgIpc) is 2.97. The number of thiazole rings is 1. The Hall–Kier alpha value is -2.81. The largest absolute Gasteiger partial charge is 0.358 e. The van der Waals surface area contributed by atoms with Crippen molar-refractivity contribution in [1.82, 2.24) is 9.38 Å². The molecule has 0 aliphatic rings. The second kappa shape index (κ2) is 4.38. The third-order valence-corrected chi connectivity index (χ3v) is 3.52. The third-order valence-electron chi connectivity index (χ3n) is 2.76. The predicted molar refractivity (Wildman–Crippen MR) is 71.8 cm³/mol. The van der Waals surface area contributed by atoms with Gasteiger partial charge < -0.3 is 10.1 Å². The topological polar surface area (TPSA) is 104 Å². The molecule has 0 radical (unpaired) electrons. The van der Waals surface area contributed by atoms with Gasteiger partial charge in [0.25, 0.3) is 10.6 Å². The summed E-state index contributed by atoms with van der Waals surface area (Å²) < 4.78 is 1.39. The summed E-state index contributed by atoms with van der Waals surface area (Å²) in [5.41, 5.74) is 0.604. The number of aromatic nitrogens is 2. The van der Waals surface area contributed by atoms with Crippen molar-refractivity contribution >= 4 is 27.8 Å². The summed E-state index contributed by atoms with van der Waals surface area (Å²) in [7, 11) is 0. The van der Waals surface area contributed by atoms with E-state index in [1.807, 2.05) is 0 Å². The number of benzene rings is 1. The van der Waals surface area contributed by atoms with Crippen LogP contribution < -0.4 is 0 Å². The second-order valence-electron chi connectivity index (χ2n) is 3.90. The molecule has 100 valence electrons. The van der Waals surface area contributed by atoms with E-state index in [0.717, 1.165) is 0 Å². The molecule has 0 aliphatic carbocycles.